The average molecular weight is 353 g/mol. The molecule has 1 saturated carbocycles. The lowest BCUT2D eigenvalue weighted by atomic mass is 9.87. The molecule has 1 fully saturated rings. The van der Waals surface area contributed by atoms with E-state index < -0.39 is 37.7 Å². The zero-order valence-electron chi connectivity index (χ0n) is 10.9. The summed E-state index contributed by atoms with van der Waals surface area (Å²) in [6.07, 6.45) is -0.274. The summed E-state index contributed by atoms with van der Waals surface area (Å²) >= 11 is 0. The highest BCUT2D eigenvalue weighted by atomic mass is 32.2. The fourth-order valence-corrected chi connectivity index (χ4v) is 3.19. The van der Waals surface area contributed by atoms with Crippen molar-refractivity contribution in [1.29, 1.82) is 0 Å². The van der Waals surface area contributed by atoms with E-state index in [2.05, 4.69) is 0 Å². The Morgan fingerprint density at radius 1 is 1.19 bits per heavy atom. The van der Waals surface area contributed by atoms with Crippen molar-refractivity contribution in [2.75, 3.05) is 13.2 Å². The molecule has 3 N–H and O–H groups in total. The SMILES string of the molecule is O=S(=O)(O)NCCOC1CCCC(C(F)(F)S(=O)(=O)O)C1. The van der Waals surface area contributed by atoms with Crippen LogP contribution in [0.2, 0.25) is 0 Å². The van der Waals surface area contributed by atoms with E-state index in [-0.39, 0.29) is 26.0 Å². The Bertz CT molecular complexity index is 548. The first-order valence-corrected chi connectivity index (χ1v) is 9.00. The van der Waals surface area contributed by atoms with Crippen molar-refractivity contribution in [2.45, 2.75) is 37.0 Å². The van der Waals surface area contributed by atoms with Gasteiger partial charge in [0.15, 0.2) is 0 Å². The van der Waals surface area contributed by atoms with E-state index in [1.165, 1.54) is 0 Å². The normalized spacial score (nSPS) is 25.0. The molecule has 12 heteroatoms. The molecule has 0 heterocycles. The van der Waals surface area contributed by atoms with Crippen LogP contribution in [0, 0.1) is 5.92 Å². The number of rotatable bonds is 7. The zero-order valence-corrected chi connectivity index (χ0v) is 12.5. The molecule has 21 heavy (non-hydrogen) atoms. The maximum absolute atomic E-state index is 13.5. The Morgan fingerprint density at radius 2 is 1.81 bits per heavy atom. The van der Waals surface area contributed by atoms with Gasteiger partial charge < -0.3 is 4.74 Å². The summed E-state index contributed by atoms with van der Waals surface area (Å²) in [5, 5.41) is -4.23. The summed E-state index contributed by atoms with van der Waals surface area (Å²) in [5.74, 6) is -1.55. The number of nitrogens with one attached hydrogen (secondary N) is 1. The predicted molar refractivity (Wildman–Crippen MR) is 67.7 cm³/mol. The van der Waals surface area contributed by atoms with Crippen LogP contribution in [0.15, 0.2) is 0 Å². The minimum Gasteiger partial charge on any atom is -0.377 e. The lowest BCUT2D eigenvalue weighted by Gasteiger charge is -2.32. The van der Waals surface area contributed by atoms with Crippen LogP contribution in [0.3, 0.4) is 0 Å². The summed E-state index contributed by atoms with van der Waals surface area (Å²) < 4.78 is 93.0. The van der Waals surface area contributed by atoms with Crippen LogP contribution in [0.25, 0.3) is 0 Å². The number of ether oxygens (including phenoxy) is 1. The van der Waals surface area contributed by atoms with Gasteiger partial charge >= 0.3 is 25.7 Å². The second kappa shape index (κ2) is 6.79. The number of alkyl halides is 2. The molecule has 0 saturated heterocycles. The van der Waals surface area contributed by atoms with E-state index in [0.717, 1.165) is 0 Å². The number of halogens is 2. The number of hydrogen-bond acceptors (Lipinski definition) is 5. The topological polar surface area (TPSA) is 130 Å². The van der Waals surface area contributed by atoms with Gasteiger partial charge in [0.25, 0.3) is 0 Å². The molecule has 2 unspecified atom stereocenters. The highest BCUT2D eigenvalue weighted by molar-refractivity contribution is 7.86. The lowest BCUT2D eigenvalue weighted by Crippen LogP contribution is -2.41. The van der Waals surface area contributed by atoms with Gasteiger partial charge in [-0.15, -0.1) is 0 Å². The Hall–Kier alpha value is -0.400. The van der Waals surface area contributed by atoms with Gasteiger partial charge in [0.05, 0.1) is 12.7 Å². The predicted octanol–water partition coefficient (Wildman–Crippen LogP) is 0.435. The summed E-state index contributed by atoms with van der Waals surface area (Å²) in [6.45, 7) is -0.399. The van der Waals surface area contributed by atoms with E-state index in [9.17, 15) is 25.6 Å². The highest BCUT2D eigenvalue weighted by Crippen LogP contribution is 2.40. The maximum Gasteiger partial charge on any atom is 0.372 e. The van der Waals surface area contributed by atoms with Crippen molar-refractivity contribution in [3.8, 4) is 0 Å². The van der Waals surface area contributed by atoms with Crippen LogP contribution in [0.1, 0.15) is 25.7 Å². The molecular weight excluding hydrogens is 336 g/mol. The van der Waals surface area contributed by atoms with Crippen molar-refractivity contribution in [2.24, 2.45) is 5.92 Å². The Kier molecular flexibility index (Phi) is 6.03. The fraction of sp³-hybridized carbons (Fsp3) is 1.00. The van der Waals surface area contributed by atoms with Crippen LogP contribution >= 0.6 is 0 Å². The van der Waals surface area contributed by atoms with Gasteiger partial charge in [-0.1, -0.05) is 6.42 Å². The number of hydrogen-bond donors (Lipinski definition) is 3. The minimum atomic E-state index is -5.48. The maximum atomic E-state index is 13.5. The second-order valence-corrected chi connectivity index (χ2v) is 7.50. The molecule has 0 aromatic carbocycles. The third-order valence-corrected chi connectivity index (χ3v) is 4.78. The monoisotopic (exact) mass is 353 g/mol. The van der Waals surface area contributed by atoms with E-state index in [0.29, 0.717) is 12.8 Å². The first-order chi connectivity index (χ1) is 9.43. The molecule has 0 aromatic rings. The van der Waals surface area contributed by atoms with Crippen LogP contribution in [0.5, 0.6) is 0 Å². The molecule has 1 rings (SSSR count). The van der Waals surface area contributed by atoms with Crippen molar-refractivity contribution >= 4 is 20.4 Å². The molecule has 0 aromatic heterocycles. The third-order valence-electron chi connectivity index (χ3n) is 3.19. The summed E-state index contributed by atoms with van der Waals surface area (Å²) in [6, 6.07) is 0. The fourth-order valence-electron chi connectivity index (χ4n) is 2.21. The largest absolute Gasteiger partial charge is 0.377 e. The van der Waals surface area contributed by atoms with Gasteiger partial charge in [0, 0.05) is 12.5 Å². The van der Waals surface area contributed by atoms with Gasteiger partial charge in [0.1, 0.15) is 0 Å². The molecule has 0 bridgehead atoms. The molecule has 0 spiro atoms. The van der Waals surface area contributed by atoms with E-state index in [1.54, 1.807) is 4.72 Å². The van der Waals surface area contributed by atoms with E-state index in [1.807, 2.05) is 0 Å². The molecule has 0 aliphatic heterocycles. The van der Waals surface area contributed by atoms with Crippen LogP contribution < -0.4 is 4.72 Å². The van der Waals surface area contributed by atoms with Gasteiger partial charge in [-0.3, -0.25) is 9.11 Å². The lowest BCUT2D eigenvalue weighted by molar-refractivity contribution is -0.0495. The molecule has 126 valence electrons. The smallest absolute Gasteiger partial charge is 0.372 e. The summed E-state index contributed by atoms with van der Waals surface area (Å²) in [4.78, 5) is 0. The Morgan fingerprint density at radius 3 is 2.33 bits per heavy atom. The zero-order chi connectivity index (χ0) is 16.3. The Balaban J connectivity index is 2.50. The van der Waals surface area contributed by atoms with Crippen molar-refractivity contribution in [3.05, 3.63) is 0 Å². The third kappa shape index (κ3) is 5.71. The van der Waals surface area contributed by atoms with E-state index >= 15 is 0 Å². The molecule has 0 amide bonds. The molecule has 2 atom stereocenters. The quantitative estimate of drug-likeness (QED) is 0.447. The van der Waals surface area contributed by atoms with E-state index in [4.69, 9.17) is 13.8 Å². The van der Waals surface area contributed by atoms with Gasteiger partial charge in [0.2, 0.25) is 0 Å². The standard InChI is InChI=1S/C9H17F2NO7S2/c10-9(11,20(13,14)15)7-2-1-3-8(6-7)19-5-4-12-21(16,17)18/h7-8,12H,1-6H2,(H,13,14,15)(H,16,17,18). The second-order valence-electron chi connectivity index (χ2n) is 4.76. The Labute approximate surface area is 121 Å². The first-order valence-electron chi connectivity index (χ1n) is 6.12. The molecule has 1 aliphatic carbocycles. The molecular formula is C9H17F2NO7S2. The van der Waals surface area contributed by atoms with Crippen molar-refractivity contribution in [3.63, 3.8) is 0 Å². The van der Waals surface area contributed by atoms with Crippen molar-refractivity contribution in [1.82, 2.24) is 4.72 Å². The summed E-state index contributed by atoms with van der Waals surface area (Å²) in [5.41, 5.74) is 0. The molecule has 0 radical (unpaired) electrons. The van der Waals surface area contributed by atoms with Crippen LogP contribution in [-0.4, -0.2) is 50.5 Å². The van der Waals surface area contributed by atoms with Crippen LogP contribution in [0.4, 0.5) is 8.78 Å². The van der Waals surface area contributed by atoms with Crippen LogP contribution in [-0.2, 0) is 25.2 Å². The van der Waals surface area contributed by atoms with Crippen molar-refractivity contribution < 1.29 is 39.5 Å². The summed E-state index contributed by atoms with van der Waals surface area (Å²) in [7, 11) is -9.83. The van der Waals surface area contributed by atoms with Gasteiger partial charge in [-0.2, -0.15) is 30.3 Å². The molecule has 1 aliphatic rings. The molecule has 8 nitrogen and oxygen atoms in total. The highest BCUT2D eigenvalue weighted by Gasteiger charge is 2.52. The first kappa shape index (κ1) is 18.6. The minimum absolute atomic E-state index is 0.0596. The van der Waals surface area contributed by atoms with Gasteiger partial charge in [-0.25, -0.2) is 0 Å². The van der Waals surface area contributed by atoms with Gasteiger partial charge in [-0.05, 0) is 19.3 Å². The average Bonchev–Trinajstić information content (AvgIpc) is 2.32.